The molecule has 0 radical (unpaired) electrons. The monoisotopic (exact) mass is 527 g/mol. The molecule has 35 heavy (non-hydrogen) atoms. The number of amides is 1. The van der Waals surface area contributed by atoms with Crippen molar-refractivity contribution in [2.24, 2.45) is 5.73 Å². The van der Waals surface area contributed by atoms with Crippen LogP contribution in [0.1, 0.15) is 21.6 Å². The van der Waals surface area contributed by atoms with Gasteiger partial charge in [0.25, 0.3) is 10.2 Å². The van der Waals surface area contributed by atoms with Crippen molar-refractivity contribution in [3.63, 3.8) is 0 Å². The number of carbonyl (C=O) groups excluding carboxylic acids is 1. The van der Waals surface area contributed by atoms with Gasteiger partial charge in [-0.3, -0.25) is 8.98 Å². The number of benzene rings is 2. The predicted octanol–water partition coefficient (Wildman–Crippen LogP) is 3.55. The topological polar surface area (TPSA) is 130 Å². The van der Waals surface area contributed by atoms with Crippen LogP contribution in [0.25, 0.3) is 16.4 Å². The van der Waals surface area contributed by atoms with E-state index in [0.717, 1.165) is 16.8 Å². The minimum Gasteiger partial charge on any atom is -0.365 e. The Hall–Kier alpha value is -3.69. The van der Waals surface area contributed by atoms with E-state index in [-0.39, 0.29) is 16.3 Å². The fraction of sp³-hybridized carbons (Fsp3) is 0.100. The Morgan fingerprint density at radius 3 is 2.43 bits per heavy atom. The van der Waals surface area contributed by atoms with Crippen molar-refractivity contribution in [1.29, 1.82) is 0 Å². The number of para-hydroxylation sites is 1. The van der Waals surface area contributed by atoms with Crippen LogP contribution in [0.15, 0.2) is 58.9 Å². The van der Waals surface area contributed by atoms with Crippen molar-refractivity contribution < 1.29 is 35.0 Å². The van der Waals surface area contributed by atoms with E-state index < -0.39 is 55.9 Å². The number of halogens is 4. The number of primary amides is 1. The van der Waals surface area contributed by atoms with Gasteiger partial charge in [0, 0.05) is 0 Å². The number of rotatable bonds is 7. The minimum absolute atomic E-state index is 0.127. The van der Waals surface area contributed by atoms with E-state index in [1.54, 1.807) is 6.07 Å². The molecule has 2 aromatic carbocycles. The summed E-state index contributed by atoms with van der Waals surface area (Å²) >= 11 is 0.350. The van der Waals surface area contributed by atoms with E-state index >= 15 is 0 Å². The van der Waals surface area contributed by atoms with Crippen LogP contribution < -0.4 is 5.73 Å². The zero-order chi connectivity index (χ0) is 25.4. The number of nitrogens with two attached hydrogens (primary N) is 1. The molecule has 4 aromatic rings. The lowest BCUT2D eigenvalue weighted by molar-refractivity contribution is -0.141. The van der Waals surface area contributed by atoms with Crippen LogP contribution in [-0.2, 0) is 27.1 Å². The smallest absolute Gasteiger partial charge is 0.365 e. The summed E-state index contributed by atoms with van der Waals surface area (Å²) in [4.78, 5) is 12.0. The maximum Gasteiger partial charge on any atom is 0.436 e. The summed E-state index contributed by atoms with van der Waals surface area (Å²) in [6, 6.07) is 12.5. The Kier molecular flexibility index (Phi) is 6.40. The van der Waals surface area contributed by atoms with Crippen molar-refractivity contribution in [2.75, 3.05) is 0 Å². The third-order valence-electron chi connectivity index (χ3n) is 4.49. The first-order valence-corrected chi connectivity index (χ1v) is 11.7. The maximum atomic E-state index is 13.7. The first-order valence-electron chi connectivity index (χ1n) is 9.50. The van der Waals surface area contributed by atoms with Crippen LogP contribution in [0.2, 0.25) is 0 Å². The molecule has 4 rings (SSSR count). The van der Waals surface area contributed by atoms with Gasteiger partial charge in [0.2, 0.25) is 0 Å². The summed E-state index contributed by atoms with van der Waals surface area (Å²) in [5, 5.41) is 10.3. The standard InChI is InChI=1S/C20H13F4N5O4S2/c21-12-6-4-5-11(9-12)10-33-35(31,32)19-27-26-18(34-19)15-14(17(25)30)16(20(22,23)24)28-29(15)13-7-2-1-3-8-13/h1-9H,10H2,(H2,25,30). The van der Waals surface area contributed by atoms with Crippen LogP contribution in [0.3, 0.4) is 0 Å². The van der Waals surface area contributed by atoms with Crippen LogP contribution in [0.5, 0.6) is 0 Å². The number of hydrogen-bond acceptors (Lipinski definition) is 8. The summed E-state index contributed by atoms with van der Waals surface area (Å²) < 4.78 is 84.4. The van der Waals surface area contributed by atoms with E-state index in [2.05, 4.69) is 15.3 Å². The van der Waals surface area contributed by atoms with Gasteiger partial charge in [-0.25, -0.2) is 9.07 Å². The molecule has 0 fully saturated rings. The molecule has 0 bridgehead atoms. The number of alkyl halides is 3. The van der Waals surface area contributed by atoms with Gasteiger partial charge in [-0.1, -0.05) is 41.7 Å². The first kappa shape index (κ1) is 24.4. The number of nitrogens with zero attached hydrogens (tertiary/aromatic N) is 4. The quantitative estimate of drug-likeness (QED) is 0.287. The van der Waals surface area contributed by atoms with Gasteiger partial charge >= 0.3 is 16.3 Å². The molecule has 0 saturated carbocycles. The molecule has 0 saturated heterocycles. The average Bonchev–Trinajstić information content (AvgIpc) is 3.44. The fourth-order valence-corrected chi connectivity index (χ4v) is 4.97. The second-order valence-corrected chi connectivity index (χ2v) is 9.67. The van der Waals surface area contributed by atoms with Gasteiger partial charge in [0.15, 0.2) is 10.7 Å². The fourth-order valence-electron chi connectivity index (χ4n) is 3.03. The molecule has 0 aliphatic heterocycles. The third-order valence-corrected chi connectivity index (χ3v) is 7.02. The first-order chi connectivity index (χ1) is 16.5. The van der Waals surface area contributed by atoms with E-state index in [1.807, 2.05) is 0 Å². The lowest BCUT2D eigenvalue weighted by Crippen LogP contribution is -2.18. The van der Waals surface area contributed by atoms with Crippen molar-refractivity contribution >= 4 is 27.4 Å². The molecule has 0 atom stereocenters. The molecule has 2 heterocycles. The highest BCUT2D eigenvalue weighted by molar-refractivity contribution is 7.88. The number of aromatic nitrogens is 4. The summed E-state index contributed by atoms with van der Waals surface area (Å²) in [6.45, 7) is -0.526. The Morgan fingerprint density at radius 2 is 1.80 bits per heavy atom. The minimum atomic E-state index is -5.05. The van der Waals surface area contributed by atoms with Gasteiger partial charge in [-0.2, -0.15) is 26.7 Å². The molecule has 2 N–H and O–H groups in total. The summed E-state index contributed by atoms with van der Waals surface area (Å²) in [5.74, 6) is -2.05. The van der Waals surface area contributed by atoms with Crippen molar-refractivity contribution in [1.82, 2.24) is 20.0 Å². The number of carbonyl (C=O) groups is 1. The van der Waals surface area contributed by atoms with Crippen molar-refractivity contribution in [2.45, 2.75) is 17.1 Å². The van der Waals surface area contributed by atoms with Crippen LogP contribution in [-0.4, -0.2) is 34.3 Å². The van der Waals surface area contributed by atoms with Crippen molar-refractivity contribution in [3.05, 3.63) is 77.2 Å². The van der Waals surface area contributed by atoms with E-state index in [1.165, 1.54) is 36.4 Å². The molecule has 0 aliphatic carbocycles. The number of hydrogen-bond donors (Lipinski definition) is 1. The highest BCUT2D eigenvalue weighted by Crippen LogP contribution is 2.39. The SMILES string of the molecule is NC(=O)c1c(C(F)(F)F)nn(-c2ccccc2)c1-c1nnc(S(=O)(=O)OCc2cccc(F)c2)s1. The average molecular weight is 527 g/mol. The molecule has 0 unspecified atom stereocenters. The molecule has 0 spiro atoms. The summed E-state index contributed by atoms with van der Waals surface area (Å²) in [6.07, 6.45) is -5.05. The second kappa shape index (κ2) is 9.16. The summed E-state index contributed by atoms with van der Waals surface area (Å²) in [5.41, 5.74) is 2.54. The van der Waals surface area contributed by atoms with Gasteiger partial charge in [-0.15, -0.1) is 10.2 Å². The highest BCUT2D eigenvalue weighted by Gasteiger charge is 2.42. The molecule has 0 aliphatic rings. The molecule has 9 nitrogen and oxygen atoms in total. The molecule has 1 amide bonds. The van der Waals surface area contributed by atoms with Crippen LogP contribution in [0, 0.1) is 5.82 Å². The van der Waals surface area contributed by atoms with Crippen LogP contribution >= 0.6 is 11.3 Å². The zero-order valence-electron chi connectivity index (χ0n) is 17.2. The lowest BCUT2D eigenvalue weighted by Gasteiger charge is -2.05. The normalized spacial score (nSPS) is 12.1. The van der Waals surface area contributed by atoms with Crippen molar-refractivity contribution in [3.8, 4) is 16.4 Å². The zero-order valence-corrected chi connectivity index (χ0v) is 18.9. The molecule has 182 valence electrons. The highest BCUT2D eigenvalue weighted by atomic mass is 32.3. The van der Waals surface area contributed by atoms with E-state index in [9.17, 15) is 30.8 Å². The second-order valence-electron chi connectivity index (χ2n) is 6.90. The maximum absolute atomic E-state index is 13.7. The molecular formula is C20H13F4N5O4S2. The van der Waals surface area contributed by atoms with E-state index in [0.29, 0.717) is 11.3 Å². The van der Waals surface area contributed by atoms with Gasteiger partial charge in [-0.05, 0) is 29.8 Å². The third kappa shape index (κ3) is 5.06. The molecular weight excluding hydrogens is 514 g/mol. The summed E-state index contributed by atoms with van der Waals surface area (Å²) in [7, 11) is -4.54. The van der Waals surface area contributed by atoms with Gasteiger partial charge < -0.3 is 5.73 Å². The largest absolute Gasteiger partial charge is 0.436 e. The Balaban J connectivity index is 1.79. The lowest BCUT2D eigenvalue weighted by atomic mass is 10.1. The van der Waals surface area contributed by atoms with Gasteiger partial charge in [0.05, 0.1) is 12.3 Å². The Bertz CT molecular complexity index is 1500. The van der Waals surface area contributed by atoms with E-state index in [4.69, 9.17) is 9.92 Å². The van der Waals surface area contributed by atoms with Crippen LogP contribution in [0.4, 0.5) is 17.6 Å². The Labute approximate surface area is 198 Å². The van der Waals surface area contributed by atoms with Gasteiger partial charge in [0.1, 0.15) is 17.1 Å². The Morgan fingerprint density at radius 1 is 1.09 bits per heavy atom. The molecule has 15 heteroatoms. The predicted molar refractivity (Wildman–Crippen MR) is 114 cm³/mol. The molecule has 2 aromatic heterocycles.